The summed E-state index contributed by atoms with van der Waals surface area (Å²) in [5.41, 5.74) is 1.06. The Hall–Kier alpha value is -1.93. The number of para-hydroxylation sites is 1. The fraction of sp³-hybridized carbons (Fsp3) is 0.467. The Balaban J connectivity index is 2.01. The van der Waals surface area contributed by atoms with Crippen LogP contribution in [0.5, 0.6) is 0 Å². The fourth-order valence-corrected chi connectivity index (χ4v) is 2.81. The molecule has 0 bridgehead atoms. The van der Waals surface area contributed by atoms with Gasteiger partial charge >= 0.3 is 0 Å². The van der Waals surface area contributed by atoms with E-state index in [1.807, 2.05) is 0 Å². The number of anilines is 1. The van der Waals surface area contributed by atoms with Crippen LogP contribution >= 0.6 is 0 Å². The molecule has 1 aromatic rings. The topological polar surface area (TPSA) is 99.6 Å². The zero-order valence-electron chi connectivity index (χ0n) is 13.0. The molecule has 8 heteroatoms. The molecule has 0 aromatic heterocycles. The van der Waals surface area contributed by atoms with E-state index < -0.39 is 10.1 Å². The summed E-state index contributed by atoms with van der Waals surface area (Å²) in [7, 11) is -3.47. The standard InChI is InChI=1S/C15H21N3O4S/c1-23(20,21)22-11-8-17-13-7-3-2-6-12(13)14(16)15(19)18-9-4-5-10-18/h2-3,6-7,16-17H,4-5,8-11H2,1H3. The molecular formula is C15H21N3O4S. The van der Waals surface area contributed by atoms with Crippen molar-refractivity contribution in [1.82, 2.24) is 4.90 Å². The molecule has 2 rings (SSSR count). The second kappa shape index (κ2) is 7.56. The Morgan fingerprint density at radius 2 is 1.96 bits per heavy atom. The molecule has 23 heavy (non-hydrogen) atoms. The zero-order valence-corrected chi connectivity index (χ0v) is 13.9. The number of carbonyl (C=O) groups excluding carboxylic acids is 1. The molecule has 1 heterocycles. The molecular weight excluding hydrogens is 318 g/mol. The molecule has 1 aliphatic heterocycles. The molecule has 1 amide bonds. The van der Waals surface area contributed by atoms with Gasteiger partial charge in [-0.3, -0.25) is 14.4 Å². The van der Waals surface area contributed by atoms with Crippen LogP contribution in [0.3, 0.4) is 0 Å². The maximum Gasteiger partial charge on any atom is 0.272 e. The maximum atomic E-state index is 12.3. The summed E-state index contributed by atoms with van der Waals surface area (Å²) in [5.74, 6) is -0.274. The third-order valence-electron chi connectivity index (χ3n) is 3.52. The van der Waals surface area contributed by atoms with Gasteiger partial charge in [0.05, 0.1) is 12.9 Å². The molecule has 1 aliphatic rings. The highest BCUT2D eigenvalue weighted by atomic mass is 32.2. The SMILES string of the molecule is CS(=O)(=O)OCCNc1ccccc1C(=N)C(=O)N1CCCC1. The summed E-state index contributed by atoms with van der Waals surface area (Å²) >= 11 is 0. The Morgan fingerprint density at radius 3 is 2.61 bits per heavy atom. The van der Waals surface area contributed by atoms with Crippen molar-refractivity contribution in [2.24, 2.45) is 0 Å². The van der Waals surface area contributed by atoms with E-state index in [1.54, 1.807) is 29.2 Å². The Bertz CT molecular complexity index is 682. The molecule has 2 N–H and O–H groups in total. The van der Waals surface area contributed by atoms with Crippen LogP contribution in [0.4, 0.5) is 5.69 Å². The summed E-state index contributed by atoms with van der Waals surface area (Å²) in [6.07, 6.45) is 2.94. The van der Waals surface area contributed by atoms with Gasteiger partial charge in [0, 0.05) is 30.9 Å². The third-order valence-corrected chi connectivity index (χ3v) is 4.11. The summed E-state index contributed by atoms with van der Waals surface area (Å²) < 4.78 is 26.5. The van der Waals surface area contributed by atoms with Gasteiger partial charge in [0.2, 0.25) is 0 Å². The van der Waals surface area contributed by atoms with Crippen molar-refractivity contribution < 1.29 is 17.4 Å². The van der Waals surface area contributed by atoms with Crippen molar-refractivity contribution in [3.05, 3.63) is 29.8 Å². The molecule has 7 nitrogen and oxygen atoms in total. The van der Waals surface area contributed by atoms with Gasteiger partial charge in [0.15, 0.2) is 0 Å². The molecule has 0 aliphatic carbocycles. The van der Waals surface area contributed by atoms with Crippen LogP contribution < -0.4 is 5.32 Å². The smallest absolute Gasteiger partial charge is 0.272 e. The molecule has 0 radical (unpaired) electrons. The molecule has 1 aromatic carbocycles. The van der Waals surface area contributed by atoms with E-state index in [-0.39, 0.29) is 24.8 Å². The molecule has 0 saturated carbocycles. The van der Waals surface area contributed by atoms with Crippen LogP contribution in [-0.2, 0) is 19.1 Å². The van der Waals surface area contributed by atoms with E-state index in [0.29, 0.717) is 24.3 Å². The monoisotopic (exact) mass is 339 g/mol. The molecule has 0 spiro atoms. The lowest BCUT2D eigenvalue weighted by molar-refractivity contribution is -0.123. The number of nitrogens with zero attached hydrogens (tertiary/aromatic N) is 1. The first kappa shape index (κ1) is 17.4. The summed E-state index contributed by atoms with van der Waals surface area (Å²) in [6.45, 7) is 1.63. The highest BCUT2D eigenvalue weighted by Gasteiger charge is 2.24. The van der Waals surface area contributed by atoms with Crippen LogP contribution in [0.15, 0.2) is 24.3 Å². The number of carbonyl (C=O) groups is 1. The largest absolute Gasteiger partial charge is 0.382 e. The van der Waals surface area contributed by atoms with Gasteiger partial charge in [-0.25, -0.2) is 0 Å². The van der Waals surface area contributed by atoms with Gasteiger partial charge in [0.1, 0.15) is 5.71 Å². The predicted octanol–water partition coefficient (Wildman–Crippen LogP) is 1.06. The summed E-state index contributed by atoms with van der Waals surface area (Å²) in [5, 5.41) is 11.2. The number of hydrogen-bond donors (Lipinski definition) is 2. The van der Waals surface area contributed by atoms with Gasteiger partial charge in [-0.1, -0.05) is 18.2 Å². The van der Waals surface area contributed by atoms with Crippen LogP contribution in [0.2, 0.25) is 0 Å². The molecule has 1 saturated heterocycles. The average molecular weight is 339 g/mol. The van der Waals surface area contributed by atoms with Crippen LogP contribution in [-0.4, -0.2) is 57.4 Å². The number of rotatable bonds is 7. The lowest BCUT2D eigenvalue weighted by Crippen LogP contribution is -2.34. The lowest BCUT2D eigenvalue weighted by atomic mass is 10.1. The Kier molecular flexibility index (Phi) is 5.73. The number of hydrogen-bond acceptors (Lipinski definition) is 6. The summed E-state index contributed by atoms with van der Waals surface area (Å²) in [6, 6.07) is 7.01. The minimum absolute atomic E-state index is 0.0133. The van der Waals surface area contributed by atoms with Gasteiger partial charge in [-0.05, 0) is 18.9 Å². The van der Waals surface area contributed by atoms with Crippen molar-refractivity contribution >= 4 is 27.4 Å². The average Bonchev–Trinajstić information content (AvgIpc) is 3.04. The van der Waals surface area contributed by atoms with Crippen molar-refractivity contribution in [1.29, 1.82) is 5.41 Å². The van der Waals surface area contributed by atoms with Crippen LogP contribution in [0.1, 0.15) is 18.4 Å². The van der Waals surface area contributed by atoms with Gasteiger partial charge in [-0.2, -0.15) is 8.42 Å². The van der Waals surface area contributed by atoms with E-state index in [9.17, 15) is 13.2 Å². The first-order chi connectivity index (χ1) is 10.9. The van der Waals surface area contributed by atoms with Gasteiger partial charge < -0.3 is 10.2 Å². The second-order valence-electron chi connectivity index (χ2n) is 5.37. The quantitative estimate of drug-likeness (QED) is 0.440. The van der Waals surface area contributed by atoms with E-state index in [2.05, 4.69) is 9.50 Å². The number of likely N-dealkylation sites (tertiary alicyclic amines) is 1. The van der Waals surface area contributed by atoms with E-state index >= 15 is 0 Å². The first-order valence-electron chi connectivity index (χ1n) is 7.44. The molecule has 0 atom stereocenters. The van der Waals surface area contributed by atoms with Crippen LogP contribution in [0.25, 0.3) is 0 Å². The Morgan fingerprint density at radius 1 is 1.30 bits per heavy atom. The molecule has 0 unspecified atom stereocenters. The first-order valence-corrected chi connectivity index (χ1v) is 9.25. The second-order valence-corrected chi connectivity index (χ2v) is 7.02. The van der Waals surface area contributed by atoms with E-state index in [0.717, 1.165) is 19.1 Å². The number of benzene rings is 1. The minimum atomic E-state index is -3.47. The maximum absolute atomic E-state index is 12.3. The number of amides is 1. The van der Waals surface area contributed by atoms with E-state index in [1.165, 1.54) is 0 Å². The third kappa shape index (κ3) is 5.04. The zero-order chi connectivity index (χ0) is 16.9. The summed E-state index contributed by atoms with van der Waals surface area (Å²) in [4.78, 5) is 14.0. The van der Waals surface area contributed by atoms with Gasteiger partial charge in [-0.15, -0.1) is 0 Å². The Labute approximate surface area is 136 Å². The van der Waals surface area contributed by atoms with E-state index in [4.69, 9.17) is 5.41 Å². The fourth-order valence-electron chi connectivity index (χ4n) is 2.43. The van der Waals surface area contributed by atoms with Crippen LogP contribution in [0, 0.1) is 5.41 Å². The van der Waals surface area contributed by atoms with Gasteiger partial charge in [0.25, 0.3) is 16.0 Å². The van der Waals surface area contributed by atoms with Crippen molar-refractivity contribution in [3.63, 3.8) is 0 Å². The minimum Gasteiger partial charge on any atom is -0.382 e. The van der Waals surface area contributed by atoms with Crippen molar-refractivity contribution in [2.75, 3.05) is 37.8 Å². The molecule has 1 fully saturated rings. The highest BCUT2D eigenvalue weighted by Crippen LogP contribution is 2.18. The van der Waals surface area contributed by atoms with Crippen molar-refractivity contribution in [2.45, 2.75) is 12.8 Å². The number of nitrogens with one attached hydrogen (secondary N) is 2. The lowest BCUT2D eigenvalue weighted by Gasteiger charge is -2.18. The normalized spacial score (nSPS) is 14.7. The van der Waals surface area contributed by atoms with Crippen molar-refractivity contribution in [3.8, 4) is 0 Å². The predicted molar refractivity (Wildman–Crippen MR) is 88.4 cm³/mol. The molecule has 126 valence electrons. The highest BCUT2D eigenvalue weighted by molar-refractivity contribution is 7.85.